The minimum atomic E-state index is -4.21. The third kappa shape index (κ3) is 3.17. The van der Waals surface area contributed by atoms with Gasteiger partial charge in [0, 0.05) is 6.26 Å². The predicted octanol–water partition coefficient (Wildman–Crippen LogP) is 1.86. The van der Waals surface area contributed by atoms with Gasteiger partial charge in [0.15, 0.2) is 9.84 Å². The lowest BCUT2D eigenvalue weighted by Gasteiger charge is -2.10. The quantitative estimate of drug-likeness (QED) is 0.805. The SMILES string of the molecule is CS(=O)(=O)c1ccccc1S(=O)(=O)Oc1ccccc1. The number of sulfone groups is 1. The van der Waals surface area contributed by atoms with E-state index in [2.05, 4.69) is 0 Å². The van der Waals surface area contributed by atoms with Gasteiger partial charge >= 0.3 is 10.1 Å². The molecule has 2 rings (SSSR count). The number of hydrogen-bond acceptors (Lipinski definition) is 5. The highest BCUT2D eigenvalue weighted by Gasteiger charge is 2.25. The van der Waals surface area contributed by atoms with Crippen molar-refractivity contribution in [1.29, 1.82) is 0 Å². The van der Waals surface area contributed by atoms with Crippen LogP contribution in [0.3, 0.4) is 0 Å². The van der Waals surface area contributed by atoms with Gasteiger partial charge in [-0.1, -0.05) is 30.3 Å². The van der Waals surface area contributed by atoms with Crippen molar-refractivity contribution in [1.82, 2.24) is 0 Å². The molecule has 2 aromatic carbocycles. The molecule has 5 nitrogen and oxygen atoms in total. The molecule has 0 atom stereocenters. The highest BCUT2D eigenvalue weighted by atomic mass is 32.2. The van der Waals surface area contributed by atoms with Gasteiger partial charge in [-0.05, 0) is 24.3 Å². The van der Waals surface area contributed by atoms with Crippen LogP contribution in [0.5, 0.6) is 5.75 Å². The molecule has 0 fully saturated rings. The van der Waals surface area contributed by atoms with Crippen molar-refractivity contribution in [2.75, 3.05) is 6.26 Å². The Balaban J connectivity index is 2.51. The van der Waals surface area contributed by atoms with Gasteiger partial charge in [-0.2, -0.15) is 8.42 Å². The van der Waals surface area contributed by atoms with Gasteiger partial charge in [0.05, 0.1) is 4.90 Å². The van der Waals surface area contributed by atoms with Crippen molar-refractivity contribution in [3.05, 3.63) is 54.6 Å². The Morgan fingerprint density at radius 1 is 0.750 bits per heavy atom. The van der Waals surface area contributed by atoms with Crippen LogP contribution in [0.1, 0.15) is 0 Å². The fourth-order valence-electron chi connectivity index (χ4n) is 1.61. The Morgan fingerprint density at radius 3 is 1.80 bits per heavy atom. The third-order valence-electron chi connectivity index (χ3n) is 2.47. The fraction of sp³-hybridized carbons (Fsp3) is 0.0769. The van der Waals surface area contributed by atoms with E-state index in [0.29, 0.717) is 0 Å². The molecule has 0 amide bonds. The van der Waals surface area contributed by atoms with E-state index in [0.717, 1.165) is 6.26 Å². The molecule has 2 aromatic rings. The molecule has 0 unspecified atom stereocenters. The van der Waals surface area contributed by atoms with Crippen molar-refractivity contribution in [2.24, 2.45) is 0 Å². The number of rotatable bonds is 4. The summed E-state index contributed by atoms with van der Waals surface area (Å²) in [5.41, 5.74) is 0. The Bertz CT molecular complexity index is 809. The first-order chi connectivity index (χ1) is 9.31. The third-order valence-corrected chi connectivity index (χ3v) is 5.06. The molecule has 0 N–H and O–H groups in total. The molecule has 0 saturated heterocycles. The van der Waals surface area contributed by atoms with Crippen molar-refractivity contribution in [3.63, 3.8) is 0 Å². The monoisotopic (exact) mass is 312 g/mol. The first kappa shape index (κ1) is 14.5. The molecule has 0 aliphatic rings. The second-order valence-electron chi connectivity index (χ2n) is 4.07. The van der Waals surface area contributed by atoms with Crippen LogP contribution in [0.4, 0.5) is 0 Å². The molecule has 7 heteroatoms. The Morgan fingerprint density at radius 2 is 1.25 bits per heavy atom. The van der Waals surface area contributed by atoms with Crippen LogP contribution >= 0.6 is 0 Å². The van der Waals surface area contributed by atoms with E-state index in [4.69, 9.17) is 4.18 Å². The maximum absolute atomic E-state index is 12.2. The van der Waals surface area contributed by atoms with Crippen LogP contribution in [-0.2, 0) is 20.0 Å². The summed E-state index contributed by atoms with van der Waals surface area (Å²) in [4.78, 5) is -0.651. The summed E-state index contributed by atoms with van der Waals surface area (Å²) in [6.45, 7) is 0. The van der Waals surface area contributed by atoms with Gasteiger partial charge in [-0.3, -0.25) is 0 Å². The van der Waals surface area contributed by atoms with E-state index in [-0.39, 0.29) is 15.5 Å². The van der Waals surface area contributed by atoms with E-state index in [9.17, 15) is 16.8 Å². The van der Waals surface area contributed by atoms with E-state index in [1.807, 2.05) is 0 Å². The largest absolute Gasteiger partial charge is 0.379 e. The van der Waals surface area contributed by atoms with Gasteiger partial charge < -0.3 is 4.18 Å². The molecule has 0 radical (unpaired) electrons. The Hall–Kier alpha value is -1.86. The summed E-state index contributed by atoms with van der Waals surface area (Å²) < 4.78 is 52.6. The topological polar surface area (TPSA) is 77.5 Å². The standard InChI is InChI=1S/C13H12O5S2/c1-19(14,15)12-9-5-6-10-13(12)20(16,17)18-11-7-3-2-4-8-11/h2-10H,1H3. The van der Waals surface area contributed by atoms with Crippen LogP contribution in [0.15, 0.2) is 64.4 Å². The van der Waals surface area contributed by atoms with Crippen LogP contribution in [0.25, 0.3) is 0 Å². The van der Waals surface area contributed by atoms with Gasteiger partial charge in [-0.25, -0.2) is 8.42 Å². The van der Waals surface area contributed by atoms with Crippen LogP contribution in [0, 0.1) is 0 Å². The lowest BCUT2D eigenvalue weighted by molar-refractivity contribution is 0.483. The van der Waals surface area contributed by atoms with Crippen molar-refractivity contribution >= 4 is 20.0 Å². The lowest BCUT2D eigenvalue weighted by Crippen LogP contribution is -2.14. The Kier molecular flexibility index (Phi) is 3.82. The molecule has 0 bridgehead atoms. The van der Waals surface area contributed by atoms with E-state index >= 15 is 0 Å². The Labute approximate surface area is 117 Å². The number of para-hydroxylation sites is 1. The molecule has 20 heavy (non-hydrogen) atoms. The molecule has 0 aromatic heterocycles. The van der Waals surface area contributed by atoms with Gasteiger partial charge in [0.1, 0.15) is 10.6 Å². The van der Waals surface area contributed by atoms with Gasteiger partial charge in [0.2, 0.25) is 0 Å². The minimum Gasteiger partial charge on any atom is -0.379 e. The molecular formula is C13H12O5S2. The van der Waals surface area contributed by atoms with E-state index in [1.165, 1.54) is 36.4 Å². The molecule has 106 valence electrons. The summed E-state index contributed by atoms with van der Waals surface area (Å²) in [5, 5.41) is 0. The van der Waals surface area contributed by atoms with Gasteiger partial charge in [-0.15, -0.1) is 0 Å². The summed E-state index contributed by atoms with van der Waals surface area (Å²) in [6.07, 6.45) is 0.948. The smallest absolute Gasteiger partial charge is 0.340 e. The maximum atomic E-state index is 12.2. The second-order valence-corrected chi connectivity index (χ2v) is 7.57. The zero-order valence-corrected chi connectivity index (χ0v) is 12.2. The highest BCUT2D eigenvalue weighted by Crippen LogP contribution is 2.24. The molecular weight excluding hydrogens is 300 g/mol. The molecule has 0 aliphatic carbocycles. The second kappa shape index (κ2) is 5.26. The zero-order valence-electron chi connectivity index (χ0n) is 10.6. The minimum absolute atomic E-state index is 0.121. The molecule has 0 aliphatic heterocycles. The van der Waals surface area contributed by atoms with Crippen molar-refractivity contribution in [3.8, 4) is 5.75 Å². The first-order valence-electron chi connectivity index (χ1n) is 5.59. The van der Waals surface area contributed by atoms with Crippen LogP contribution < -0.4 is 4.18 Å². The average Bonchev–Trinajstić information content (AvgIpc) is 2.38. The summed E-state index contributed by atoms with van der Waals surface area (Å²) >= 11 is 0. The van der Waals surface area contributed by atoms with Crippen molar-refractivity contribution in [2.45, 2.75) is 9.79 Å². The fourth-order valence-corrected chi connectivity index (χ4v) is 4.14. The van der Waals surface area contributed by atoms with E-state index < -0.39 is 20.0 Å². The molecule has 0 saturated carbocycles. The summed E-state index contributed by atoms with van der Waals surface area (Å²) in [6, 6.07) is 13.2. The highest BCUT2D eigenvalue weighted by molar-refractivity contribution is 7.92. The predicted molar refractivity (Wildman–Crippen MR) is 73.8 cm³/mol. The average molecular weight is 312 g/mol. The maximum Gasteiger partial charge on any atom is 0.340 e. The number of hydrogen-bond donors (Lipinski definition) is 0. The molecule has 0 spiro atoms. The normalized spacial score (nSPS) is 12.1. The van der Waals surface area contributed by atoms with Crippen LogP contribution in [0.2, 0.25) is 0 Å². The summed E-state index contributed by atoms with van der Waals surface area (Å²) in [7, 11) is -7.87. The van der Waals surface area contributed by atoms with Gasteiger partial charge in [0.25, 0.3) is 0 Å². The summed E-state index contributed by atoms with van der Waals surface area (Å²) in [5.74, 6) is 0.121. The van der Waals surface area contributed by atoms with Crippen molar-refractivity contribution < 1.29 is 21.0 Å². The lowest BCUT2D eigenvalue weighted by atomic mass is 10.3. The zero-order chi connectivity index (χ0) is 14.8. The number of benzene rings is 2. The van der Waals surface area contributed by atoms with Crippen LogP contribution in [-0.4, -0.2) is 23.1 Å². The first-order valence-corrected chi connectivity index (χ1v) is 8.89. The van der Waals surface area contributed by atoms with E-state index in [1.54, 1.807) is 18.2 Å². The molecule has 0 heterocycles.